The second-order valence-corrected chi connectivity index (χ2v) is 6.06. The second-order valence-electron chi connectivity index (χ2n) is 6.06. The molecule has 1 saturated heterocycles. The average molecular weight is 312 g/mol. The third-order valence-corrected chi connectivity index (χ3v) is 4.53. The van der Waals surface area contributed by atoms with E-state index in [0.717, 1.165) is 36.7 Å². The van der Waals surface area contributed by atoms with Gasteiger partial charge in [-0.15, -0.1) is 0 Å². The zero-order valence-electron chi connectivity index (χ0n) is 13.7. The maximum absolute atomic E-state index is 6.43. The number of ether oxygens (including phenoxy) is 2. The summed E-state index contributed by atoms with van der Waals surface area (Å²) in [4.78, 5) is 2.41. The highest BCUT2D eigenvalue weighted by Crippen LogP contribution is 2.35. The Kier molecular flexibility index (Phi) is 4.84. The molecule has 23 heavy (non-hydrogen) atoms. The monoisotopic (exact) mass is 312 g/mol. The second kappa shape index (κ2) is 7.02. The highest BCUT2D eigenvalue weighted by Gasteiger charge is 2.33. The zero-order valence-corrected chi connectivity index (χ0v) is 13.7. The molecule has 122 valence electrons. The van der Waals surface area contributed by atoms with Crippen molar-refractivity contribution < 1.29 is 9.47 Å². The van der Waals surface area contributed by atoms with Crippen LogP contribution in [0.2, 0.25) is 0 Å². The van der Waals surface area contributed by atoms with Crippen LogP contribution in [0.3, 0.4) is 0 Å². The Morgan fingerprint density at radius 1 is 1.04 bits per heavy atom. The highest BCUT2D eigenvalue weighted by atomic mass is 16.5. The third kappa shape index (κ3) is 3.49. The SMILES string of the molecule is COc1ccc(OC)c(C2CN(Cc3ccccc3)CC2N)c1. The van der Waals surface area contributed by atoms with Gasteiger partial charge in [0.2, 0.25) is 0 Å². The van der Waals surface area contributed by atoms with E-state index in [0.29, 0.717) is 0 Å². The van der Waals surface area contributed by atoms with Crippen molar-refractivity contribution in [2.45, 2.75) is 18.5 Å². The van der Waals surface area contributed by atoms with Crippen LogP contribution in [-0.2, 0) is 6.54 Å². The van der Waals surface area contributed by atoms with E-state index in [-0.39, 0.29) is 12.0 Å². The van der Waals surface area contributed by atoms with Gasteiger partial charge in [-0.05, 0) is 23.8 Å². The molecule has 1 aliphatic rings. The predicted octanol–water partition coefficient (Wildman–Crippen LogP) is 2.63. The molecule has 0 saturated carbocycles. The third-order valence-electron chi connectivity index (χ3n) is 4.53. The lowest BCUT2D eigenvalue weighted by molar-refractivity contribution is 0.322. The number of hydrogen-bond donors (Lipinski definition) is 1. The summed E-state index contributed by atoms with van der Waals surface area (Å²) < 4.78 is 10.9. The fraction of sp³-hybridized carbons (Fsp3) is 0.368. The standard InChI is InChI=1S/C19H24N2O2/c1-22-15-8-9-19(23-2)16(10-15)17-12-21(13-18(17)20)11-14-6-4-3-5-7-14/h3-10,17-18H,11-13,20H2,1-2H3. The maximum Gasteiger partial charge on any atom is 0.122 e. The highest BCUT2D eigenvalue weighted by molar-refractivity contribution is 5.44. The van der Waals surface area contributed by atoms with Crippen molar-refractivity contribution in [3.05, 3.63) is 59.7 Å². The van der Waals surface area contributed by atoms with Crippen LogP contribution < -0.4 is 15.2 Å². The van der Waals surface area contributed by atoms with Crippen LogP contribution in [-0.4, -0.2) is 38.3 Å². The van der Waals surface area contributed by atoms with E-state index in [1.54, 1.807) is 14.2 Å². The summed E-state index contributed by atoms with van der Waals surface area (Å²) in [7, 11) is 3.38. The van der Waals surface area contributed by atoms with E-state index in [4.69, 9.17) is 15.2 Å². The summed E-state index contributed by atoms with van der Waals surface area (Å²) >= 11 is 0. The van der Waals surface area contributed by atoms with Gasteiger partial charge in [-0.2, -0.15) is 0 Å². The molecule has 2 aromatic rings. The average Bonchev–Trinajstić information content (AvgIpc) is 2.95. The summed E-state index contributed by atoms with van der Waals surface area (Å²) in [6.07, 6.45) is 0. The summed E-state index contributed by atoms with van der Waals surface area (Å²) in [6, 6.07) is 16.5. The van der Waals surface area contributed by atoms with E-state index >= 15 is 0 Å². The Bertz CT molecular complexity index is 645. The molecular weight excluding hydrogens is 288 g/mol. The first kappa shape index (κ1) is 15.8. The summed E-state index contributed by atoms with van der Waals surface area (Å²) in [5.74, 6) is 1.98. The van der Waals surface area contributed by atoms with Crippen LogP contribution in [0, 0.1) is 0 Å². The van der Waals surface area contributed by atoms with Crippen molar-refractivity contribution in [3.8, 4) is 11.5 Å². The first-order valence-electron chi connectivity index (χ1n) is 7.95. The minimum Gasteiger partial charge on any atom is -0.497 e. The van der Waals surface area contributed by atoms with Gasteiger partial charge in [0.05, 0.1) is 14.2 Å². The molecule has 0 aromatic heterocycles. The molecule has 2 N–H and O–H groups in total. The van der Waals surface area contributed by atoms with Crippen molar-refractivity contribution in [3.63, 3.8) is 0 Å². The van der Waals surface area contributed by atoms with Gasteiger partial charge >= 0.3 is 0 Å². The quantitative estimate of drug-likeness (QED) is 0.922. The van der Waals surface area contributed by atoms with E-state index < -0.39 is 0 Å². The van der Waals surface area contributed by atoms with Crippen molar-refractivity contribution in [2.75, 3.05) is 27.3 Å². The van der Waals surface area contributed by atoms with E-state index in [2.05, 4.69) is 35.2 Å². The van der Waals surface area contributed by atoms with E-state index in [9.17, 15) is 0 Å². The molecule has 0 amide bonds. The molecule has 0 aliphatic carbocycles. The van der Waals surface area contributed by atoms with Crippen LogP contribution >= 0.6 is 0 Å². The lowest BCUT2D eigenvalue weighted by Crippen LogP contribution is -2.28. The Labute approximate surface area is 137 Å². The number of nitrogens with two attached hydrogens (primary N) is 1. The van der Waals surface area contributed by atoms with Crippen molar-refractivity contribution in [2.24, 2.45) is 5.73 Å². The van der Waals surface area contributed by atoms with Gasteiger partial charge in [0.25, 0.3) is 0 Å². The number of nitrogens with zero attached hydrogens (tertiary/aromatic N) is 1. The van der Waals surface area contributed by atoms with Gasteiger partial charge in [0, 0.05) is 37.2 Å². The normalized spacial score (nSPS) is 21.3. The number of benzene rings is 2. The fourth-order valence-corrected chi connectivity index (χ4v) is 3.34. The molecule has 0 radical (unpaired) electrons. The van der Waals surface area contributed by atoms with Crippen molar-refractivity contribution >= 4 is 0 Å². The lowest BCUT2D eigenvalue weighted by Gasteiger charge is -2.19. The molecule has 2 aromatic carbocycles. The Morgan fingerprint density at radius 3 is 2.52 bits per heavy atom. The van der Waals surface area contributed by atoms with Crippen LogP contribution in [0.15, 0.2) is 48.5 Å². The van der Waals surface area contributed by atoms with Crippen molar-refractivity contribution in [1.82, 2.24) is 4.90 Å². The Hall–Kier alpha value is -2.04. The molecule has 0 spiro atoms. The molecule has 1 heterocycles. The summed E-state index contributed by atoms with van der Waals surface area (Å²) in [5, 5.41) is 0. The van der Waals surface area contributed by atoms with Gasteiger partial charge in [0.1, 0.15) is 11.5 Å². The topological polar surface area (TPSA) is 47.7 Å². The summed E-state index contributed by atoms with van der Waals surface area (Å²) in [5.41, 5.74) is 8.88. The minimum atomic E-state index is 0.0970. The van der Waals surface area contributed by atoms with Gasteiger partial charge in [-0.25, -0.2) is 0 Å². The molecule has 4 heteroatoms. The lowest BCUT2D eigenvalue weighted by atomic mass is 9.94. The van der Waals surface area contributed by atoms with E-state index in [1.165, 1.54) is 5.56 Å². The zero-order chi connectivity index (χ0) is 16.2. The van der Waals surface area contributed by atoms with Crippen LogP contribution in [0.5, 0.6) is 11.5 Å². The number of methoxy groups -OCH3 is 2. The number of hydrogen-bond acceptors (Lipinski definition) is 4. The predicted molar refractivity (Wildman–Crippen MR) is 92.0 cm³/mol. The summed E-state index contributed by atoms with van der Waals surface area (Å²) in [6.45, 7) is 2.75. The number of likely N-dealkylation sites (tertiary alicyclic amines) is 1. The van der Waals surface area contributed by atoms with Gasteiger partial charge in [0.15, 0.2) is 0 Å². The first-order valence-corrected chi connectivity index (χ1v) is 7.95. The molecule has 0 bridgehead atoms. The minimum absolute atomic E-state index is 0.0970. The van der Waals surface area contributed by atoms with Gasteiger partial charge in [-0.3, -0.25) is 4.90 Å². The molecule has 2 unspecified atom stereocenters. The van der Waals surface area contributed by atoms with Crippen LogP contribution in [0.4, 0.5) is 0 Å². The Morgan fingerprint density at radius 2 is 1.83 bits per heavy atom. The van der Waals surface area contributed by atoms with Crippen molar-refractivity contribution in [1.29, 1.82) is 0 Å². The molecule has 1 aliphatic heterocycles. The van der Waals surface area contributed by atoms with Crippen LogP contribution in [0.1, 0.15) is 17.0 Å². The molecule has 4 nitrogen and oxygen atoms in total. The molecule has 3 rings (SSSR count). The molecule has 2 atom stereocenters. The van der Waals surface area contributed by atoms with Gasteiger partial charge < -0.3 is 15.2 Å². The maximum atomic E-state index is 6.43. The Balaban J connectivity index is 1.78. The molecule has 1 fully saturated rings. The smallest absolute Gasteiger partial charge is 0.122 e. The van der Waals surface area contributed by atoms with Crippen LogP contribution in [0.25, 0.3) is 0 Å². The van der Waals surface area contributed by atoms with E-state index in [1.807, 2.05) is 18.2 Å². The molecular formula is C19H24N2O2. The first-order chi connectivity index (χ1) is 11.2. The largest absolute Gasteiger partial charge is 0.497 e. The van der Waals surface area contributed by atoms with Gasteiger partial charge in [-0.1, -0.05) is 30.3 Å². The fourth-order valence-electron chi connectivity index (χ4n) is 3.34. The number of rotatable bonds is 5.